The van der Waals surface area contributed by atoms with Crippen LogP contribution in [-0.4, -0.2) is 11.4 Å². The quantitative estimate of drug-likeness (QED) is 0.733. The molecule has 0 unspecified atom stereocenters. The molecule has 1 aromatic carbocycles. The molecule has 0 aliphatic carbocycles. The molecular formula is C9H7FOS2. The lowest BCUT2D eigenvalue weighted by molar-refractivity contribution is 0.439. The second kappa shape index (κ2) is 3.20. The molecule has 1 nitrogen and oxygen atoms in total. The first kappa shape index (κ1) is 8.84. The van der Waals surface area contributed by atoms with Crippen molar-refractivity contribution in [2.75, 3.05) is 6.26 Å². The van der Waals surface area contributed by atoms with Gasteiger partial charge in [-0.3, -0.25) is 0 Å². The molecule has 0 aliphatic rings. The number of hydrogen-bond acceptors (Lipinski definition) is 3. The molecule has 0 saturated heterocycles. The number of rotatable bonds is 1. The first-order valence-corrected chi connectivity index (χ1v) is 5.71. The van der Waals surface area contributed by atoms with Gasteiger partial charge >= 0.3 is 0 Å². The Morgan fingerprint density at radius 3 is 2.92 bits per heavy atom. The smallest absolute Gasteiger partial charge is 0.169 e. The average Bonchev–Trinajstić information content (AvgIpc) is 2.55. The zero-order chi connectivity index (χ0) is 9.42. The van der Waals surface area contributed by atoms with E-state index in [0.717, 1.165) is 9.60 Å². The molecule has 4 heteroatoms. The van der Waals surface area contributed by atoms with Crippen molar-refractivity contribution in [2.24, 2.45) is 0 Å². The summed E-state index contributed by atoms with van der Waals surface area (Å²) in [5, 5.41) is 10.3. The zero-order valence-corrected chi connectivity index (χ0v) is 8.51. The first-order chi connectivity index (χ1) is 6.22. The van der Waals surface area contributed by atoms with Gasteiger partial charge in [-0.05, 0) is 23.8 Å². The Morgan fingerprint density at radius 2 is 2.23 bits per heavy atom. The van der Waals surface area contributed by atoms with Crippen LogP contribution in [0.3, 0.4) is 0 Å². The van der Waals surface area contributed by atoms with Crippen molar-refractivity contribution in [3.63, 3.8) is 0 Å². The van der Waals surface area contributed by atoms with E-state index in [1.807, 2.05) is 12.3 Å². The number of hydrogen-bond donors (Lipinski definition) is 1. The number of halogens is 1. The molecule has 2 rings (SSSR count). The first-order valence-electron chi connectivity index (χ1n) is 3.67. The highest BCUT2D eigenvalue weighted by Crippen LogP contribution is 2.37. The Kier molecular flexibility index (Phi) is 2.17. The van der Waals surface area contributed by atoms with Gasteiger partial charge in [-0.2, -0.15) is 0 Å². The van der Waals surface area contributed by atoms with Crippen LogP contribution in [0.25, 0.3) is 10.1 Å². The van der Waals surface area contributed by atoms with Crippen LogP contribution >= 0.6 is 23.1 Å². The monoisotopic (exact) mass is 214 g/mol. The largest absolute Gasteiger partial charge is 0.504 e. The van der Waals surface area contributed by atoms with Gasteiger partial charge in [-0.1, -0.05) is 6.07 Å². The molecule has 0 radical (unpaired) electrons. The van der Waals surface area contributed by atoms with E-state index < -0.39 is 5.82 Å². The van der Waals surface area contributed by atoms with Gasteiger partial charge in [-0.25, -0.2) is 4.39 Å². The van der Waals surface area contributed by atoms with Crippen LogP contribution in [0.2, 0.25) is 0 Å². The topological polar surface area (TPSA) is 20.2 Å². The molecule has 0 amide bonds. The van der Waals surface area contributed by atoms with Gasteiger partial charge in [0, 0.05) is 0 Å². The summed E-state index contributed by atoms with van der Waals surface area (Å²) >= 11 is 3.01. The molecule has 0 bridgehead atoms. The van der Waals surface area contributed by atoms with Crippen LogP contribution in [0.15, 0.2) is 22.4 Å². The van der Waals surface area contributed by atoms with Crippen LogP contribution in [0.4, 0.5) is 4.39 Å². The predicted octanol–water partition coefficient (Wildman–Crippen LogP) is 3.47. The summed E-state index contributed by atoms with van der Waals surface area (Å²) < 4.78 is 14.6. The van der Waals surface area contributed by atoms with Gasteiger partial charge in [0.05, 0.1) is 8.91 Å². The molecular weight excluding hydrogens is 207 g/mol. The molecule has 68 valence electrons. The number of phenolic OH excluding ortho intramolecular Hbond substituents is 1. The average molecular weight is 214 g/mol. The summed E-state index contributed by atoms with van der Waals surface area (Å²) in [6, 6.07) is 4.92. The number of thiophene rings is 1. The van der Waals surface area contributed by atoms with E-state index in [-0.39, 0.29) is 5.75 Å². The van der Waals surface area contributed by atoms with E-state index in [4.69, 9.17) is 0 Å². The number of fused-ring (bicyclic) bond motifs is 1. The summed E-state index contributed by atoms with van der Waals surface area (Å²) in [6.45, 7) is 0. The van der Waals surface area contributed by atoms with Gasteiger partial charge < -0.3 is 5.11 Å². The standard InChI is InChI=1S/C9H7FOS2/c1-12-7-4-5-2-3-6(10)8(11)9(5)13-7/h2-4,11H,1H3. The van der Waals surface area contributed by atoms with Crippen LogP contribution in [0.1, 0.15) is 0 Å². The Bertz CT molecular complexity index is 450. The van der Waals surface area contributed by atoms with Crippen LogP contribution in [0, 0.1) is 5.82 Å². The minimum Gasteiger partial charge on any atom is -0.504 e. The molecule has 13 heavy (non-hydrogen) atoms. The second-order valence-corrected chi connectivity index (χ2v) is 4.74. The summed E-state index contributed by atoms with van der Waals surface area (Å²) in [4.78, 5) is 0. The molecule has 0 spiro atoms. The lowest BCUT2D eigenvalue weighted by atomic mass is 10.2. The lowest BCUT2D eigenvalue weighted by Gasteiger charge is -1.94. The van der Waals surface area contributed by atoms with Crippen molar-refractivity contribution in [1.29, 1.82) is 0 Å². The third kappa shape index (κ3) is 1.40. The molecule has 0 fully saturated rings. The van der Waals surface area contributed by atoms with Crippen LogP contribution < -0.4 is 0 Å². The summed E-state index contributed by atoms with van der Waals surface area (Å²) in [6.07, 6.45) is 1.96. The summed E-state index contributed by atoms with van der Waals surface area (Å²) in [7, 11) is 0. The van der Waals surface area contributed by atoms with Crippen molar-refractivity contribution in [1.82, 2.24) is 0 Å². The highest BCUT2D eigenvalue weighted by Gasteiger charge is 2.09. The van der Waals surface area contributed by atoms with E-state index in [2.05, 4.69) is 0 Å². The Balaban J connectivity index is 2.76. The van der Waals surface area contributed by atoms with E-state index >= 15 is 0 Å². The molecule has 2 aromatic rings. The third-order valence-electron chi connectivity index (χ3n) is 1.79. The molecule has 0 atom stereocenters. The molecule has 0 saturated carbocycles. The minimum absolute atomic E-state index is 0.234. The summed E-state index contributed by atoms with van der Waals surface area (Å²) in [5.41, 5.74) is 0. The van der Waals surface area contributed by atoms with Crippen LogP contribution in [-0.2, 0) is 0 Å². The molecule has 1 N–H and O–H groups in total. The summed E-state index contributed by atoms with van der Waals surface area (Å²) in [5.74, 6) is -0.787. The Morgan fingerprint density at radius 1 is 1.46 bits per heavy atom. The zero-order valence-electron chi connectivity index (χ0n) is 6.87. The van der Waals surface area contributed by atoms with Crippen molar-refractivity contribution in [3.05, 3.63) is 24.0 Å². The van der Waals surface area contributed by atoms with Crippen LogP contribution in [0.5, 0.6) is 5.75 Å². The highest BCUT2D eigenvalue weighted by atomic mass is 32.2. The fraction of sp³-hybridized carbons (Fsp3) is 0.111. The van der Waals surface area contributed by atoms with E-state index in [1.54, 1.807) is 17.8 Å². The molecule has 1 aromatic heterocycles. The number of aromatic hydroxyl groups is 1. The van der Waals surface area contributed by atoms with Gasteiger partial charge in [0.2, 0.25) is 0 Å². The van der Waals surface area contributed by atoms with E-state index in [1.165, 1.54) is 17.4 Å². The maximum Gasteiger partial charge on any atom is 0.169 e. The van der Waals surface area contributed by atoms with Gasteiger partial charge in [0.25, 0.3) is 0 Å². The Hall–Kier alpha value is -0.740. The normalized spacial score (nSPS) is 10.9. The van der Waals surface area contributed by atoms with Crippen molar-refractivity contribution in [3.8, 4) is 5.75 Å². The fourth-order valence-electron chi connectivity index (χ4n) is 1.14. The van der Waals surface area contributed by atoms with E-state index in [9.17, 15) is 9.50 Å². The second-order valence-electron chi connectivity index (χ2n) is 2.58. The number of benzene rings is 1. The number of thioether (sulfide) groups is 1. The lowest BCUT2D eigenvalue weighted by Crippen LogP contribution is -1.73. The third-order valence-corrected chi connectivity index (χ3v) is 4.01. The maximum absolute atomic E-state index is 12.9. The minimum atomic E-state index is -0.554. The van der Waals surface area contributed by atoms with Crippen molar-refractivity contribution < 1.29 is 9.50 Å². The molecule has 0 aliphatic heterocycles. The highest BCUT2D eigenvalue weighted by molar-refractivity contribution is 8.00. The number of phenols is 1. The fourth-order valence-corrected chi connectivity index (χ4v) is 2.80. The van der Waals surface area contributed by atoms with E-state index in [0.29, 0.717) is 4.70 Å². The van der Waals surface area contributed by atoms with Crippen molar-refractivity contribution >= 4 is 33.2 Å². The van der Waals surface area contributed by atoms with Crippen molar-refractivity contribution in [2.45, 2.75) is 4.21 Å². The van der Waals surface area contributed by atoms with Gasteiger partial charge in [0.15, 0.2) is 11.6 Å². The SMILES string of the molecule is CSc1cc2ccc(F)c(O)c2s1. The van der Waals surface area contributed by atoms with Gasteiger partial charge in [-0.15, -0.1) is 23.1 Å². The predicted molar refractivity (Wildman–Crippen MR) is 55.2 cm³/mol. The molecule has 1 heterocycles. The maximum atomic E-state index is 12.9. The van der Waals surface area contributed by atoms with Gasteiger partial charge in [0.1, 0.15) is 0 Å². The Labute approximate surface area is 83.2 Å².